The molecule has 0 spiro atoms. The molecule has 1 amide bonds. The lowest BCUT2D eigenvalue weighted by atomic mass is 10.0. The fraction of sp³-hybridized carbons (Fsp3) is 0.400. The second kappa shape index (κ2) is 6.36. The van der Waals surface area contributed by atoms with Crippen LogP contribution in [-0.4, -0.2) is 48.0 Å². The molecule has 1 atom stereocenters. The lowest BCUT2D eigenvalue weighted by Crippen LogP contribution is -2.37. The van der Waals surface area contributed by atoms with E-state index < -0.39 is 0 Å². The van der Waals surface area contributed by atoms with Gasteiger partial charge in [0.05, 0.1) is 6.33 Å². The molecule has 9 nitrogen and oxygen atoms in total. The summed E-state index contributed by atoms with van der Waals surface area (Å²) in [6, 6.07) is 0.228. The zero-order chi connectivity index (χ0) is 16.4. The van der Waals surface area contributed by atoms with Gasteiger partial charge in [0.2, 0.25) is 11.9 Å². The molecule has 4 rings (SSSR count). The second-order valence-corrected chi connectivity index (χ2v) is 5.84. The Labute approximate surface area is 137 Å². The van der Waals surface area contributed by atoms with Crippen molar-refractivity contribution in [2.75, 3.05) is 11.9 Å². The number of aromatic nitrogens is 6. The number of nitrogens with one attached hydrogen (secondary N) is 3. The van der Waals surface area contributed by atoms with E-state index in [0.717, 1.165) is 19.4 Å². The highest BCUT2D eigenvalue weighted by molar-refractivity contribution is 5.97. The average molecular weight is 326 g/mol. The Hall–Kier alpha value is -2.81. The third-order valence-corrected chi connectivity index (χ3v) is 4.11. The van der Waals surface area contributed by atoms with Gasteiger partial charge >= 0.3 is 0 Å². The van der Waals surface area contributed by atoms with Crippen LogP contribution in [0.5, 0.6) is 0 Å². The summed E-state index contributed by atoms with van der Waals surface area (Å²) in [6.07, 6.45) is 10.3. The number of imidazole rings is 2. The molecule has 0 aromatic carbocycles. The van der Waals surface area contributed by atoms with Gasteiger partial charge in [0.1, 0.15) is 11.8 Å². The number of piperidine rings is 1. The van der Waals surface area contributed by atoms with Crippen LogP contribution in [0.1, 0.15) is 25.7 Å². The maximum atomic E-state index is 12.4. The Morgan fingerprint density at radius 3 is 3.12 bits per heavy atom. The third-order valence-electron chi connectivity index (χ3n) is 4.11. The summed E-state index contributed by atoms with van der Waals surface area (Å²) in [4.78, 5) is 32.3. The van der Waals surface area contributed by atoms with Gasteiger partial charge in [-0.1, -0.05) is 6.42 Å². The molecular weight excluding hydrogens is 308 g/mol. The summed E-state index contributed by atoms with van der Waals surface area (Å²) in [6.45, 7) is 0.973. The summed E-state index contributed by atoms with van der Waals surface area (Å²) >= 11 is 0. The van der Waals surface area contributed by atoms with Gasteiger partial charge in [-0.15, -0.1) is 0 Å². The minimum Gasteiger partial charge on any atom is -0.340 e. The molecular formula is C15H18N8O. The van der Waals surface area contributed by atoms with Gasteiger partial charge in [-0.25, -0.2) is 9.97 Å². The molecule has 1 unspecified atom stereocenters. The number of anilines is 1. The van der Waals surface area contributed by atoms with Gasteiger partial charge in [0.15, 0.2) is 11.5 Å². The standard InChI is InChI=1S/C15H18N8O/c24-11(7-10-3-1-2-4-17-10)20-14-12-13(19-8-18-12)21-15(22-14)23-6-5-16-9-23/h5-6,8-10,17H,1-4,7H2,(H2,18,19,20,21,22,24). The number of carbonyl (C=O) groups is 1. The normalized spacial score (nSPS) is 17.9. The van der Waals surface area contributed by atoms with Crippen molar-refractivity contribution in [3.8, 4) is 5.95 Å². The highest BCUT2D eigenvalue weighted by Gasteiger charge is 2.18. The number of aromatic amines is 1. The zero-order valence-electron chi connectivity index (χ0n) is 13.1. The molecule has 1 saturated heterocycles. The molecule has 9 heteroatoms. The zero-order valence-corrected chi connectivity index (χ0v) is 13.1. The molecule has 3 N–H and O–H groups in total. The summed E-state index contributed by atoms with van der Waals surface area (Å²) in [7, 11) is 0. The van der Waals surface area contributed by atoms with Crippen molar-refractivity contribution in [2.24, 2.45) is 0 Å². The Morgan fingerprint density at radius 1 is 1.38 bits per heavy atom. The second-order valence-electron chi connectivity index (χ2n) is 5.84. The van der Waals surface area contributed by atoms with Crippen LogP contribution >= 0.6 is 0 Å². The van der Waals surface area contributed by atoms with E-state index in [-0.39, 0.29) is 11.9 Å². The predicted molar refractivity (Wildman–Crippen MR) is 87.7 cm³/mol. The van der Waals surface area contributed by atoms with E-state index in [1.54, 1.807) is 23.3 Å². The molecule has 1 fully saturated rings. The van der Waals surface area contributed by atoms with Crippen molar-refractivity contribution in [3.05, 3.63) is 25.0 Å². The fourth-order valence-electron chi connectivity index (χ4n) is 2.91. The van der Waals surface area contributed by atoms with E-state index in [1.807, 2.05) is 0 Å². The Kier molecular flexibility index (Phi) is 3.91. The first kappa shape index (κ1) is 14.8. The summed E-state index contributed by atoms with van der Waals surface area (Å²) < 4.78 is 1.67. The summed E-state index contributed by atoms with van der Waals surface area (Å²) in [5.41, 5.74) is 1.11. The van der Waals surface area contributed by atoms with E-state index in [0.29, 0.717) is 29.4 Å². The van der Waals surface area contributed by atoms with Crippen molar-refractivity contribution < 1.29 is 4.79 Å². The lowest BCUT2D eigenvalue weighted by molar-refractivity contribution is -0.116. The topological polar surface area (TPSA) is 113 Å². The van der Waals surface area contributed by atoms with Crippen LogP contribution in [0.15, 0.2) is 25.0 Å². The SMILES string of the molecule is O=C(CC1CCCCN1)Nc1nc(-n2ccnc2)nc2nc[nH]c12. The van der Waals surface area contributed by atoms with Crippen LogP contribution in [0, 0.1) is 0 Å². The molecule has 0 aliphatic carbocycles. The van der Waals surface area contributed by atoms with E-state index in [2.05, 4.69) is 35.6 Å². The average Bonchev–Trinajstić information content (AvgIpc) is 3.27. The minimum atomic E-state index is -0.0689. The van der Waals surface area contributed by atoms with Gasteiger partial charge < -0.3 is 15.6 Å². The number of H-pyrrole nitrogens is 1. The van der Waals surface area contributed by atoms with Crippen molar-refractivity contribution in [2.45, 2.75) is 31.7 Å². The van der Waals surface area contributed by atoms with Gasteiger partial charge in [-0.2, -0.15) is 9.97 Å². The molecule has 0 saturated carbocycles. The molecule has 4 heterocycles. The third kappa shape index (κ3) is 2.98. The molecule has 3 aromatic rings. The lowest BCUT2D eigenvalue weighted by Gasteiger charge is -2.22. The summed E-state index contributed by atoms with van der Waals surface area (Å²) in [5.74, 6) is 0.779. The van der Waals surface area contributed by atoms with E-state index >= 15 is 0 Å². The summed E-state index contributed by atoms with van der Waals surface area (Å²) in [5, 5.41) is 6.26. The maximum Gasteiger partial charge on any atom is 0.239 e. The molecule has 0 radical (unpaired) electrons. The first-order valence-corrected chi connectivity index (χ1v) is 8.02. The largest absolute Gasteiger partial charge is 0.340 e. The minimum absolute atomic E-state index is 0.0689. The molecule has 1 aliphatic heterocycles. The van der Waals surface area contributed by atoms with Crippen LogP contribution in [0.25, 0.3) is 17.1 Å². The quantitative estimate of drug-likeness (QED) is 0.659. The van der Waals surface area contributed by atoms with E-state index in [1.165, 1.54) is 12.7 Å². The number of nitrogens with zero attached hydrogens (tertiary/aromatic N) is 5. The van der Waals surface area contributed by atoms with Crippen LogP contribution < -0.4 is 10.6 Å². The van der Waals surface area contributed by atoms with Crippen molar-refractivity contribution in [1.82, 2.24) is 34.8 Å². The number of amides is 1. The Morgan fingerprint density at radius 2 is 2.33 bits per heavy atom. The van der Waals surface area contributed by atoms with Gasteiger partial charge in [-0.3, -0.25) is 9.36 Å². The first-order valence-electron chi connectivity index (χ1n) is 8.02. The van der Waals surface area contributed by atoms with Crippen molar-refractivity contribution in [1.29, 1.82) is 0 Å². The van der Waals surface area contributed by atoms with Crippen LogP contribution in [-0.2, 0) is 4.79 Å². The van der Waals surface area contributed by atoms with Crippen LogP contribution in [0.2, 0.25) is 0 Å². The number of rotatable bonds is 4. The molecule has 1 aliphatic rings. The number of hydrogen-bond donors (Lipinski definition) is 3. The molecule has 3 aromatic heterocycles. The Bertz CT molecular complexity index is 834. The molecule has 124 valence electrons. The van der Waals surface area contributed by atoms with E-state index in [9.17, 15) is 4.79 Å². The molecule has 24 heavy (non-hydrogen) atoms. The first-order chi connectivity index (χ1) is 11.8. The van der Waals surface area contributed by atoms with Crippen molar-refractivity contribution in [3.63, 3.8) is 0 Å². The highest BCUT2D eigenvalue weighted by atomic mass is 16.1. The van der Waals surface area contributed by atoms with Crippen LogP contribution in [0.3, 0.4) is 0 Å². The monoisotopic (exact) mass is 326 g/mol. The maximum absolute atomic E-state index is 12.4. The highest BCUT2D eigenvalue weighted by Crippen LogP contribution is 2.19. The smallest absolute Gasteiger partial charge is 0.239 e. The molecule has 0 bridgehead atoms. The Balaban J connectivity index is 1.58. The van der Waals surface area contributed by atoms with E-state index in [4.69, 9.17) is 0 Å². The fourth-order valence-corrected chi connectivity index (χ4v) is 2.91. The number of carbonyl (C=O) groups excluding carboxylic acids is 1. The van der Waals surface area contributed by atoms with Crippen molar-refractivity contribution >= 4 is 22.9 Å². The van der Waals surface area contributed by atoms with Gasteiger partial charge in [-0.05, 0) is 19.4 Å². The van der Waals surface area contributed by atoms with Gasteiger partial charge in [0, 0.05) is 24.9 Å². The predicted octanol–water partition coefficient (Wildman–Crippen LogP) is 1.01. The number of hydrogen-bond acceptors (Lipinski definition) is 6. The van der Waals surface area contributed by atoms with Crippen LogP contribution in [0.4, 0.5) is 5.82 Å². The van der Waals surface area contributed by atoms with Gasteiger partial charge in [0.25, 0.3) is 0 Å². The number of fused-ring (bicyclic) bond motifs is 1.